The Morgan fingerprint density at radius 2 is 1.72 bits per heavy atom. The van der Waals surface area contributed by atoms with Gasteiger partial charge in [0.1, 0.15) is 29.9 Å². The van der Waals surface area contributed by atoms with E-state index < -0.39 is 22.7 Å². The number of carbonyl (C=O) groups is 1. The number of nitro groups is 1. The first-order valence-electron chi connectivity index (χ1n) is 22.1. The van der Waals surface area contributed by atoms with Crippen LogP contribution in [-0.4, -0.2) is 69.8 Å². The van der Waals surface area contributed by atoms with E-state index >= 15 is 0 Å². The molecular formula is C49H61N3O9. The Balaban J connectivity index is 1.41. The number of nitrogens with zero attached hydrogens (tertiary/aromatic N) is 3. The molecule has 1 amide bonds. The molecule has 0 aromatic heterocycles. The van der Waals surface area contributed by atoms with Crippen LogP contribution in [0.15, 0.2) is 90.1 Å². The topological polar surface area (TPSA) is 153 Å². The number of hydrogen-bond donors (Lipinski definition) is 2. The van der Waals surface area contributed by atoms with Crippen molar-refractivity contribution in [3.63, 3.8) is 0 Å². The molecule has 12 heteroatoms. The Hall–Kier alpha value is -5.04. The Morgan fingerprint density at radius 1 is 1.00 bits per heavy atom. The Kier molecular flexibility index (Phi) is 14.3. The second-order valence-electron chi connectivity index (χ2n) is 17.1. The van der Waals surface area contributed by atoms with E-state index in [1.54, 1.807) is 18.2 Å². The van der Waals surface area contributed by atoms with Gasteiger partial charge in [-0.2, -0.15) is 0 Å². The molecule has 0 spiro atoms. The van der Waals surface area contributed by atoms with Crippen LogP contribution in [0.25, 0.3) is 0 Å². The van der Waals surface area contributed by atoms with Crippen molar-refractivity contribution in [3.8, 4) is 17.2 Å². The number of ether oxygens (including phenoxy) is 3. The van der Waals surface area contributed by atoms with Gasteiger partial charge < -0.3 is 34.2 Å². The van der Waals surface area contributed by atoms with Gasteiger partial charge in [0.15, 0.2) is 0 Å². The number of aryl methyl sites for hydroxylation is 2. The molecule has 0 unspecified atom stereocenters. The quantitative estimate of drug-likeness (QED) is 0.0463. The van der Waals surface area contributed by atoms with Crippen molar-refractivity contribution in [1.82, 2.24) is 4.90 Å². The minimum absolute atomic E-state index is 0.00306. The van der Waals surface area contributed by atoms with Crippen LogP contribution in [0.5, 0.6) is 17.2 Å². The lowest BCUT2D eigenvalue weighted by molar-refractivity contribution is -0.384. The second kappa shape index (κ2) is 19.8. The number of nitro benzene ring substituents is 1. The highest BCUT2D eigenvalue weighted by Gasteiger charge is 2.65. The maximum absolute atomic E-state index is 14.5. The number of non-ortho nitro benzene ring substituents is 1. The van der Waals surface area contributed by atoms with E-state index in [1.807, 2.05) is 29.2 Å². The molecule has 4 aliphatic rings. The summed E-state index contributed by atoms with van der Waals surface area (Å²) in [5.74, 6) is 0.336. The maximum atomic E-state index is 14.5. The molecule has 0 saturated heterocycles. The highest BCUT2D eigenvalue weighted by molar-refractivity contribution is 6.03. The van der Waals surface area contributed by atoms with E-state index in [0.29, 0.717) is 43.0 Å². The van der Waals surface area contributed by atoms with Crippen LogP contribution < -0.4 is 9.47 Å². The fourth-order valence-corrected chi connectivity index (χ4v) is 9.75. The van der Waals surface area contributed by atoms with E-state index in [0.717, 1.165) is 73.0 Å². The molecule has 3 aliphatic carbocycles. The third-order valence-electron chi connectivity index (χ3n) is 13.0. The predicted molar refractivity (Wildman–Crippen MR) is 234 cm³/mol. The zero-order valence-corrected chi connectivity index (χ0v) is 35.8. The monoisotopic (exact) mass is 835 g/mol. The SMILES string of the molecule is C=CCO[C@@]12Oc3ccc(Oc4ccc(C)c(C)c4)cc3[C@H]3[C@H](CCCCO)[C@@H](CCCCO)C=C(C(=NOCc4ccc([N+](=O)[O-])cc4)C[C@@H]1N(CCC)C(=O)C1CC1)[C@H]32. The Labute approximate surface area is 359 Å². The summed E-state index contributed by atoms with van der Waals surface area (Å²) in [5.41, 5.74) is 5.68. The average molecular weight is 836 g/mol. The molecule has 6 atom stereocenters. The lowest BCUT2D eigenvalue weighted by Crippen LogP contribution is -2.70. The van der Waals surface area contributed by atoms with Crippen molar-refractivity contribution < 1.29 is 39.0 Å². The van der Waals surface area contributed by atoms with Gasteiger partial charge in [-0.05, 0) is 135 Å². The highest BCUT2D eigenvalue weighted by atomic mass is 16.7. The smallest absolute Gasteiger partial charge is 0.269 e. The zero-order valence-electron chi connectivity index (χ0n) is 35.8. The summed E-state index contributed by atoms with van der Waals surface area (Å²) in [5, 5.41) is 36.1. The fourth-order valence-electron chi connectivity index (χ4n) is 9.75. The summed E-state index contributed by atoms with van der Waals surface area (Å²) in [6.45, 7) is 11.2. The molecule has 2 fully saturated rings. The molecule has 326 valence electrons. The Bertz CT molecular complexity index is 2100. The van der Waals surface area contributed by atoms with Crippen LogP contribution in [0.2, 0.25) is 0 Å². The van der Waals surface area contributed by atoms with Crippen molar-refractivity contribution in [2.75, 3.05) is 26.4 Å². The molecule has 7 rings (SSSR count). The lowest BCUT2D eigenvalue weighted by Gasteiger charge is -2.60. The van der Waals surface area contributed by atoms with Crippen LogP contribution in [0.3, 0.4) is 0 Å². The highest BCUT2D eigenvalue weighted by Crippen LogP contribution is 2.62. The zero-order chi connectivity index (χ0) is 43.1. The summed E-state index contributed by atoms with van der Waals surface area (Å²) < 4.78 is 21.0. The minimum Gasteiger partial charge on any atom is -0.459 e. The molecule has 12 nitrogen and oxygen atoms in total. The van der Waals surface area contributed by atoms with Gasteiger partial charge in [-0.25, -0.2) is 0 Å². The molecule has 0 bridgehead atoms. The number of aliphatic hydroxyl groups excluding tert-OH is 2. The molecule has 2 saturated carbocycles. The van der Waals surface area contributed by atoms with Crippen molar-refractivity contribution >= 4 is 17.3 Å². The van der Waals surface area contributed by atoms with Crippen molar-refractivity contribution in [2.45, 2.75) is 109 Å². The predicted octanol–water partition coefficient (Wildman–Crippen LogP) is 9.49. The molecule has 2 N–H and O–H groups in total. The molecule has 1 heterocycles. The van der Waals surface area contributed by atoms with Gasteiger partial charge in [-0.15, -0.1) is 6.58 Å². The van der Waals surface area contributed by atoms with Crippen LogP contribution in [0, 0.1) is 47.6 Å². The summed E-state index contributed by atoms with van der Waals surface area (Å²) in [7, 11) is 0. The van der Waals surface area contributed by atoms with E-state index in [1.165, 1.54) is 17.7 Å². The number of aliphatic hydroxyl groups is 2. The van der Waals surface area contributed by atoms with Gasteiger partial charge in [-0.1, -0.05) is 43.1 Å². The molecule has 3 aromatic rings. The summed E-state index contributed by atoms with van der Waals surface area (Å²) in [6.07, 6.45) is 11.4. The minimum atomic E-state index is -1.32. The van der Waals surface area contributed by atoms with E-state index in [9.17, 15) is 25.1 Å². The van der Waals surface area contributed by atoms with Crippen LogP contribution in [-0.2, 0) is 21.0 Å². The van der Waals surface area contributed by atoms with Gasteiger partial charge in [-0.3, -0.25) is 14.9 Å². The average Bonchev–Trinajstić information content (AvgIpc) is 4.11. The number of amides is 1. The van der Waals surface area contributed by atoms with Crippen molar-refractivity contribution in [2.24, 2.45) is 28.8 Å². The Morgan fingerprint density at radius 3 is 2.39 bits per heavy atom. The molecule has 1 aliphatic heterocycles. The van der Waals surface area contributed by atoms with Gasteiger partial charge in [0.25, 0.3) is 5.69 Å². The summed E-state index contributed by atoms with van der Waals surface area (Å²) in [4.78, 5) is 33.5. The maximum Gasteiger partial charge on any atom is 0.269 e. The van der Waals surface area contributed by atoms with Crippen LogP contribution >= 0.6 is 0 Å². The molecule has 3 aromatic carbocycles. The normalized spacial score (nSPS) is 24.5. The molecule has 61 heavy (non-hydrogen) atoms. The largest absolute Gasteiger partial charge is 0.459 e. The second-order valence-corrected chi connectivity index (χ2v) is 17.1. The molecular weight excluding hydrogens is 775 g/mol. The third-order valence-corrected chi connectivity index (χ3v) is 13.0. The van der Waals surface area contributed by atoms with Crippen molar-refractivity contribution in [3.05, 3.63) is 117 Å². The number of fused-ring (bicyclic) bond motifs is 2. The number of allylic oxidation sites excluding steroid dienone is 1. The summed E-state index contributed by atoms with van der Waals surface area (Å²) >= 11 is 0. The van der Waals surface area contributed by atoms with E-state index in [2.05, 4.69) is 45.6 Å². The summed E-state index contributed by atoms with van der Waals surface area (Å²) in [6, 6.07) is 17.8. The van der Waals surface area contributed by atoms with E-state index in [4.69, 9.17) is 24.2 Å². The first-order chi connectivity index (χ1) is 29.6. The third kappa shape index (κ3) is 9.56. The number of oxime groups is 1. The number of benzene rings is 3. The number of unbranched alkanes of at least 4 members (excludes halogenated alkanes) is 2. The molecule has 0 radical (unpaired) electrons. The van der Waals surface area contributed by atoms with Crippen LogP contribution in [0.4, 0.5) is 5.69 Å². The van der Waals surface area contributed by atoms with Gasteiger partial charge in [0.05, 0.1) is 23.2 Å². The van der Waals surface area contributed by atoms with Gasteiger partial charge in [0.2, 0.25) is 11.7 Å². The fraction of sp³-hybridized carbons (Fsp3) is 0.510. The van der Waals surface area contributed by atoms with Crippen LogP contribution in [0.1, 0.15) is 99.3 Å². The van der Waals surface area contributed by atoms with Gasteiger partial charge >= 0.3 is 0 Å². The number of hydrogen-bond acceptors (Lipinski definition) is 10. The standard InChI is InChI=1S/C49H61N3O9/c1-5-23-51(48(55)35-16-17-35)45-30-43(50-59-31-34-14-18-37(19-15-34)52(56)57)41-28-36(11-7-9-24-53)40(12-8-10-25-54)46-42-29-39(60-38-20-13-32(3)33(4)27-38)21-22-44(42)61-49(45,47(41)46)58-26-6-2/h6,13-15,18-22,27-29,35-36,40,45-47,53-54H,2,5,7-12,16-17,23-26,30-31H2,1,3-4H3/t36-,40+,45-,46+,47+,49+/m0/s1. The number of carbonyl (C=O) groups excluding carboxylic acids is 1. The van der Waals surface area contributed by atoms with Crippen molar-refractivity contribution in [1.29, 1.82) is 0 Å². The first-order valence-corrected chi connectivity index (χ1v) is 22.1. The van der Waals surface area contributed by atoms with Gasteiger partial charge in [0, 0.05) is 55.7 Å². The first kappa shape index (κ1) is 44.0. The lowest BCUT2D eigenvalue weighted by atomic mass is 9.55. The number of rotatable bonds is 21. The van der Waals surface area contributed by atoms with E-state index in [-0.39, 0.29) is 61.7 Å².